The summed E-state index contributed by atoms with van der Waals surface area (Å²) in [6.45, 7) is 8.06. The Morgan fingerprint density at radius 3 is 2.49 bits per heavy atom. The Morgan fingerprint density at radius 2 is 1.82 bits per heavy atom. The summed E-state index contributed by atoms with van der Waals surface area (Å²) in [6.07, 6.45) is 4.25. The fourth-order valence-corrected chi connectivity index (χ4v) is 8.43. The Labute approximate surface area is 286 Å². The Bertz CT molecular complexity index is 2440. The van der Waals surface area contributed by atoms with Gasteiger partial charge in [0.15, 0.2) is 4.80 Å². The molecule has 3 heterocycles. The summed E-state index contributed by atoms with van der Waals surface area (Å²) in [5.41, 5.74) is 2.78. The van der Waals surface area contributed by atoms with E-state index in [4.69, 9.17) is 9.73 Å². The van der Waals surface area contributed by atoms with Gasteiger partial charge >= 0.3 is 5.97 Å². The lowest BCUT2D eigenvalue weighted by molar-refractivity contribution is -0.385. The van der Waals surface area contributed by atoms with E-state index in [0.29, 0.717) is 49.9 Å². The fourth-order valence-electron chi connectivity index (χ4n) is 6.00. The number of carbonyl (C=O) groups excluding carboxylic acids is 1. The molecule has 6 rings (SSSR count). The molecule has 49 heavy (non-hydrogen) atoms. The number of esters is 1. The van der Waals surface area contributed by atoms with Gasteiger partial charge in [0.1, 0.15) is 0 Å². The SMILES string of the molecule is CCCC1=C(C(=O)OCC)[C@H](c2ccc(C(C)C)cc2)n2c(s/c(=C\c3cn(S(=O)(=O)c4cccc([N+](=O)[O-])c4)c4ccccc34)c2=O)=N1. The van der Waals surface area contributed by atoms with Crippen LogP contribution in [0, 0.1) is 10.1 Å². The Kier molecular flexibility index (Phi) is 9.23. The molecule has 0 unspecified atom stereocenters. The lowest BCUT2D eigenvalue weighted by atomic mass is 9.92. The third-order valence-corrected chi connectivity index (χ3v) is 11.0. The number of allylic oxidation sites excluding steroid dienone is 1. The van der Waals surface area contributed by atoms with Gasteiger partial charge in [-0.05, 0) is 48.6 Å². The van der Waals surface area contributed by atoms with Crippen molar-refractivity contribution in [3.8, 4) is 0 Å². The zero-order valence-electron chi connectivity index (χ0n) is 27.3. The standard InChI is InChI=1S/C36H34N4O7S2/c1-5-10-29-32(35(42)47-6-2)33(24-17-15-23(16-18-24)22(3)4)39-34(41)31(48-36(39)37-29)19-25-21-38(30-14-8-7-13-28(25)30)49(45,46)27-12-9-11-26(20-27)40(43)44/h7-9,11-22,33H,5-6,10H2,1-4H3/b31-19-/t33-/m0/s1. The molecule has 1 aliphatic rings. The van der Waals surface area contributed by atoms with Gasteiger partial charge in [-0.1, -0.05) is 87.1 Å². The van der Waals surface area contributed by atoms with E-state index in [0.717, 1.165) is 32.5 Å². The van der Waals surface area contributed by atoms with Gasteiger partial charge in [0.05, 0.1) is 43.8 Å². The van der Waals surface area contributed by atoms with E-state index >= 15 is 0 Å². The highest BCUT2D eigenvalue weighted by Crippen LogP contribution is 2.34. The summed E-state index contributed by atoms with van der Waals surface area (Å²) in [6, 6.07) is 18.8. The highest BCUT2D eigenvalue weighted by atomic mass is 32.2. The van der Waals surface area contributed by atoms with Crippen LogP contribution in [0.4, 0.5) is 5.69 Å². The van der Waals surface area contributed by atoms with Crippen LogP contribution in [0.15, 0.2) is 105 Å². The fraction of sp³-hybridized carbons (Fsp3) is 0.250. The second kappa shape index (κ2) is 13.4. The van der Waals surface area contributed by atoms with Crippen molar-refractivity contribution in [2.45, 2.75) is 57.4 Å². The molecule has 0 aliphatic carbocycles. The van der Waals surface area contributed by atoms with Gasteiger partial charge in [-0.2, -0.15) is 0 Å². The number of benzene rings is 3. The first kappa shape index (κ1) is 33.7. The number of aromatic nitrogens is 2. The number of ether oxygens (including phenoxy) is 1. The van der Waals surface area contributed by atoms with Crippen molar-refractivity contribution in [2.75, 3.05) is 6.61 Å². The minimum Gasteiger partial charge on any atom is -0.463 e. The van der Waals surface area contributed by atoms with E-state index in [1.165, 1.54) is 29.0 Å². The van der Waals surface area contributed by atoms with Crippen LogP contribution in [-0.2, 0) is 19.6 Å². The van der Waals surface area contributed by atoms with Crippen LogP contribution < -0.4 is 14.9 Å². The van der Waals surface area contributed by atoms with Crippen LogP contribution >= 0.6 is 11.3 Å². The quantitative estimate of drug-likeness (QED) is 0.102. The van der Waals surface area contributed by atoms with E-state index in [-0.39, 0.29) is 23.1 Å². The van der Waals surface area contributed by atoms with Gasteiger partial charge in [0, 0.05) is 29.3 Å². The van der Waals surface area contributed by atoms with E-state index in [1.807, 2.05) is 31.2 Å². The van der Waals surface area contributed by atoms with Crippen LogP contribution in [-0.4, -0.2) is 34.5 Å². The lowest BCUT2D eigenvalue weighted by Crippen LogP contribution is -2.40. The number of nitrogens with zero attached hydrogens (tertiary/aromatic N) is 4. The zero-order valence-corrected chi connectivity index (χ0v) is 29.0. The van der Waals surface area contributed by atoms with E-state index < -0.39 is 32.5 Å². The number of nitro benzene ring substituents is 1. The molecular formula is C36H34N4O7S2. The minimum absolute atomic E-state index is 0.161. The Hall–Kier alpha value is -5.14. The second-order valence-corrected chi connectivity index (χ2v) is 14.7. The summed E-state index contributed by atoms with van der Waals surface area (Å²) in [5, 5.41) is 11.9. The number of nitro groups is 1. The summed E-state index contributed by atoms with van der Waals surface area (Å²) >= 11 is 1.16. The van der Waals surface area contributed by atoms with Crippen molar-refractivity contribution in [1.82, 2.24) is 8.54 Å². The normalized spacial score (nSPS) is 15.0. The van der Waals surface area contributed by atoms with Gasteiger partial charge in [0.25, 0.3) is 21.3 Å². The molecule has 0 bridgehead atoms. The molecule has 0 saturated heterocycles. The molecule has 0 amide bonds. The highest BCUT2D eigenvalue weighted by molar-refractivity contribution is 7.90. The van der Waals surface area contributed by atoms with Crippen LogP contribution in [0.25, 0.3) is 17.0 Å². The monoisotopic (exact) mass is 698 g/mol. The number of thiazole rings is 1. The molecule has 1 atom stereocenters. The number of non-ortho nitro benzene ring substituents is 1. The maximum absolute atomic E-state index is 14.3. The number of hydrogen-bond acceptors (Lipinski definition) is 9. The molecule has 0 fully saturated rings. The predicted octanol–water partition coefficient (Wildman–Crippen LogP) is 5.80. The van der Waals surface area contributed by atoms with Gasteiger partial charge in [-0.3, -0.25) is 19.5 Å². The molecule has 0 spiro atoms. The molecule has 2 aromatic heterocycles. The molecule has 5 aromatic rings. The maximum atomic E-state index is 14.3. The summed E-state index contributed by atoms with van der Waals surface area (Å²) in [5.74, 6) is -0.244. The molecule has 0 saturated carbocycles. The first-order chi connectivity index (χ1) is 23.5. The maximum Gasteiger partial charge on any atom is 0.338 e. The summed E-state index contributed by atoms with van der Waals surface area (Å²) < 4.78 is 36.0. The molecular weight excluding hydrogens is 665 g/mol. The minimum atomic E-state index is -4.26. The predicted molar refractivity (Wildman–Crippen MR) is 188 cm³/mol. The number of fused-ring (bicyclic) bond motifs is 2. The molecule has 1 aliphatic heterocycles. The summed E-state index contributed by atoms with van der Waals surface area (Å²) in [4.78, 5) is 43.6. The van der Waals surface area contributed by atoms with Gasteiger partial charge in [-0.25, -0.2) is 22.2 Å². The average Bonchev–Trinajstić information content (AvgIpc) is 3.61. The lowest BCUT2D eigenvalue weighted by Gasteiger charge is -2.26. The van der Waals surface area contributed by atoms with Crippen molar-refractivity contribution >= 4 is 50.0 Å². The second-order valence-electron chi connectivity index (χ2n) is 11.9. The average molecular weight is 699 g/mol. The number of rotatable bonds is 10. The first-order valence-corrected chi connectivity index (χ1v) is 18.1. The summed E-state index contributed by atoms with van der Waals surface area (Å²) in [7, 11) is -4.26. The van der Waals surface area contributed by atoms with Gasteiger partial charge in [0.2, 0.25) is 0 Å². The van der Waals surface area contributed by atoms with E-state index in [1.54, 1.807) is 37.3 Å². The van der Waals surface area contributed by atoms with E-state index in [2.05, 4.69) is 13.8 Å². The highest BCUT2D eigenvalue weighted by Gasteiger charge is 2.34. The van der Waals surface area contributed by atoms with Crippen LogP contribution in [0.3, 0.4) is 0 Å². The topological polar surface area (TPSA) is 143 Å². The third-order valence-electron chi connectivity index (χ3n) is 8.39. The third kappa shape index (κ3) is 6.15. The molecule has 252 valence electrons. The Morgan fingerprint density at radius 1 is 1.08 bits per heavy atom. The van der Waals surface area contributed by atoms with Crippen molar-refractivity contribution in [2.24, 2.45) is 4.99 Å². The van der Waals surface area contributed by atoms with Crippen molar-refractivity contribution < 1.29 is 22.9 Å². The first-order valence-electron chi connectivity index (χ1n) is 15.9. The van der Waals surface area contributed by atoms with E-state index in [9.17, 15) is 28.1 Å². The number of carbonyl (C=O) groups is 1. The van der Waals surface area contributed by atoms with Crippen molar-refractivity contribution in [1.29, 1.82) is 0 Å². The Balaban J connectivity index is 1.56. The van der Waals surface area contributed by atoms with Crippen molar-refractivity contribution in [3.05, 3.63) is 137 Å². The van der Waals surface area contributed by atoms with Gasteiger partial charge in [-0.15, -0.1) is 0 Å². The van der Waals surface area contributed by atoms with Crippen molar-refractivity contribution in [3.63, 3.8) is 0 Å². The van der Waals surface area contributed by atoms with Crippen LogP contribution in [0.5, 0.6) is 0 Å². The van der Waals surface area contributed by atoms with Gasteiger partial charge < -0.3 is 4.74 Å². The molecule has 0 N–H and O–H groups in total. The molecule has 3 aromatic carbocycles. The zero-order chi connectivity index (χ0) is 35.0. The number of para-hydroxylation sites is 1. The molecule has 13 heteroatoms. The largest absolute Gasteiger partial charge is 0.463 e. The van der Waals surface area contributed by atoms with Crippen LogP contribution in [0.2, 0.25) is 0 Å². The molecule has 11 nitrogen and oxygen atoms in total. The number of hydrogen-bond donors (Lipinski definition) is 0. The molecule has 0 radical (unpaired) electrons. The van der Waals surface area contributed by atoms with Crippen LogP contribution in [0.1, 0.15) is 69.2 Å². The smallest absolute Gasteiger partial charge is 0.338 e.